The number of nitrogens with two attached hydrogens (primary N) is 2. The number of ether oxygens (including phenoxy) is 2. The second-order valence-corrected chi connectivity index (χ2v) is 7.52. The van der Waals surface area contributed by atoms with E-state index in [1.807, 2.05) is 30.3 Å². The van der Waals surface area contributed by atoms with Gasteiger partial charge in [-0.15, -0.1) is 12.4 Å². The summed E-state index contributed by atoms with van der Waals surface area (Å²) in [6.07, 6.45) is 1.48. The molecule has 3 aromatic carbocycles. The van der Waals surface area contributed by atoms with Gasteiger partial charge in [0.2, 0.25) is 0 Å². The average molecular weight is 493 g/mol. The first kappa shape index (κ1) is 25.5. The minimum atomic E-state index is -1.11. The molecule has 8 nitrogen and oxygen atoms in total. The van der Waals surface area contributed by atoms with Crippen LogP contribution in [0.4, 0.5) is 0 Å². The second kappa shape index (κ2) is 10.9. The summed E-state index contributed by atoms with van der Waals surface area (Å²) in [5, 5.41) is 10.7. The summed E-state index contributed by atoms with van der Waals surface area (Å²) in [4.78, 5) is 20.9. The normalized spacial score (nSPS) is 11.4. The molecule has 35 heavy (non-hydrogen) atoms. The van der Waals surface area contributed by atoms with Crippen molar-refractivity contribution >= 4 is 40.5 Å². The van der Waals surface area contributed by atoms with Gasteiger partial charge in [0.25, 0.3) is 0 Å². The molecule has 9 heteroatoms. The van der Waals surface area contributed by atoms with Crippen molar-refractivity contribution in [3.05, 3.63) is 83.7 Å². The van der Waals surface area contributed by atoms with Gasteiger partial charge in [0.1, 0.15) is 6.33 Å². The summed E-state index contributed by atoms with van der Waals surface area (Å²) >= 11 is 0. The Hall–Kier alpha value is -4.14. The molecular formula is C26H25ClN4O4. The van der Waals surface area contributed by atoms with Crippen LogP contribution in [0.5, 0.6) is 11.5 Å². The number of carbonyl (C=O) groups is 1. The van der Waals surface area contributed by atoms with Crippen molar-refractivity contribution in [2.75, 3.05) is 14.2 Å². The highest BCUT2D eigenvalue weighted by molar-refractivity contribution is 6.23. The number of carboxylic acid groups (broad SMARTS) is 1. The summed E-state index contributed by atoms with van der Waals surface area (Å²) in [5.74, 6) is 0.0193. The largest absolute Gasteiger partial charge is 0.493 e. The third-order valence-corrected chi connectivity index (χ3v) is 5.57. The maximum Gasteiger partial charge on any atom is 0.338 e. The summed E-state index contributed by atoms with van der Waals surface area (Å²) in [7, 11) is 3.13. The van der Waals surface area contributed by atoms with Crippen LogP contribution in [0.1, 0.15) is 16.7 Å². The van der Waals surface area contributed by atoms with Crippen molar-refractivity contribution in [1.29, 1.82) is 0 Å². The van der Waals surface area contributed by atoms with Crippen molar-refractivity contribution in [3.63, 3.8) is 0 Å². The Balaban J connectivity index is 0.00000342. The molecule has 0 saturated carbocycles. The van der Waals surface area contributed by atoms with Crippen LogP contribution in [0, 0.1) is 0 Å². The highest BCUT2D eigenvalue weighted by Crippen LogP contribution is 2.35. The molecule has 0 atom stereocenters. The predicted octanol–water partition coefficient (Wildman–Crippen LogP) is 4.11. The van der Waals surface area contributed by atoms with Crippen LogP contribution in [0.2, 0.25) is 0 Å². The predicted molar refractivity (Wildman–Crippen MR) is 138 cm³/mol. The van der Waals surface area contributed by atoms with Crippen LogP contribution in [-0.4, -0.2) is 35.3 Å². The van der Waals surface area contributed by atoms with Gasteiger partial charge in [0.05, 0.1) is 36.7 Å². The molecule has 0 aliphatic heterocycles. The van der Waals surface area contributed by atoms with Gasteiger partial charge in [0, 0.05) is 23.6 Å². The van der Waals surface area contributed by atoms with Crippen LogP contribution in [0.3, 0.4) is 0 Å². The third kappa shape index (κ3) is 5.03. The Labute approximate surface area is 208 Å². The van der Waals surface area contributed by atoms with E-state index in [-0.39, 0.29) is 23.7 Å². The Morgan fingerprint density at radius 1 is 0.914 bits per heavy atom. The van der Waals surface area contributed by atoms with E-state index in [0.29, 0.717) is 40.4 Å². The van der Waals surface area contributed by atoms with Gasteiger partial charge < -0.3 is 26.0 Å². The molecule has 0 spiro atoms. The lowest BCUT2D eigenvalue weighted by molar-refractivity contribution is -0.130. The highest BCUT2D eigenvalue weighted by Gasteiger charge is 2.18. The summed E-state index contributed by atoms with van der Waals surface area (Å²) in [5.41, 5.74) is 16.3. The lowest BCUT2D eigenvalue weighted by Gasteiger charge is -2.12. The highest BCUT2D eigenvalue weighted by atomic mass is 35.5. The number of halogens is 1. The molecule has 0 aliphatic carbocycles. The maximum absolute atomic E-state index is 12.1. The number of fused-ring (bicyclic) bond motifs is 1. The molecule has 0 aliphatic rings. The van der Waals surface area contributed by atoms with Crippen molar-refractivity contribution in [3.8, 4) is 22.8 Å². The van der Waals surface area contributed by atoms with Crippen LogP contribution < -0.4 is 20.9 Å². The van der Waals surface area contributed by atoms with Gasteiger partial charge in [-0.05, 0) is 22.8 Å². The zero-order valence-electron chi connectivity index (χ0n) is 19.2. The number of hydrogen-bond acceptors (Lipinski definition) is 7. The average Bonchev–Trinajstić information content (AvgIpc) is 2.87. The zero-order chi connectivity index (χ0) is 24.2. The first-order valence-electron chi connectivity index (χ1n) is 10.5. The molecule has 0 fully saturated rings. The zero-order valence-corrected chi connectivity index (χ0v) is 20.0. The van der Waals surface area contributed by atoms with Crippen molar-refractivity contribution in [1.82, 2.24) is 9.97 Å². The number of methoxy groups -OCH3 is 2. The SMILES string of the molecule is COc1cc2ncnc(-c3ccc(/C(C(=O)O)=C(\N)c4ccc(CN)cc4)cc3)c2cc1OC.Cl. The Bertz CT molecular complexity index is 1390. The number of carboxylic acids is 1. The fourth-order valence-electron chi connectivity index (χ4n) is 3.77. The molecule has 1 heterocycles. The van der Waals surface area contributed by atoms with Gasteiger partial charge in [-0.2, -0.15) is 0 Å². The molecule has 0 amide bonds. The molecule has 5 N–H and O–H groups in total. The molecule has 180 valence electrons. The van der Waals surface area contributed by atoms with E-state index >= 15 is 0 Å². The van der Waals surface area contributed by atoms with E-state index in [2.05, 4.69) is 9.97 Å². The Morgan fingerprint density at radius 2 is 1.51 bits per heavy atom. The van der Waals surface area contributed by atoms with E-state index in [4.69, 9.17) is 20.9 Å². The monoisotopic (exact) mass is 492 g/mol. The summed E-state index contributed by atoms with van der Waals surface area (Å²) in [6, 6.07) is 17.8. The van der Waals surface area contributed by atoms with Crippen LogP contribution in [0.25, 0.3) is 33.4 Å². The summed E-state index contributed by atoms with van der Waals surface area (Å²) in [6.45, 7) is 0.396. The number of hydrogen-bond donors (Lipinski definition) is 3. The fourth-order valence-corrected chi connectivity index (χ4v) is 3.77. The Morgan fingerprint density at radius 3 is 2.09 bits per heavy atom. The van der Waals surface area contributed by atoms with Crippen molar-refractivity contribution in [2.45, 2.75) is 6.54 Å². The Kier molecular flexibility index (Phi) is 7.91. The molecule has 4 aromatic rings. The van der Waals surface area contributed by atoms with E-state index < -0.39 is 5.97 Å². The van der Waals surface area contributed by atoms with Crippen molar-refractivity contribution < 1.29 is 19.4 Å². The molecule has 0 unspecified atom stereocenters. The van der Waals surface area contributed by atoms with Gasteiger partial charge >= 0.3 is 5.97 Å². The van der Waals surface area contributed by atoms with Gasteiger partial charge in [-0.25, -0.2) is 14.8 Å². The molecular weight excluding hydrogens is 468 g/mol. The third-order valence-electron chi connectivity index (χ3n) is 5.57. The molecule has 0 saturated heterocycles. The minimum absolute atomic E-state index is 0. The number of aliphatic carboxylic acids is 1. The van der Waals surface area contributed by atoms with E-state index in [1.165, 1.54) is 6.33 Å². The quantitative estimate of drug-likeness (QED) is 0.259. The van der Waals surface area contributed by atoms with E-state index in [0.717, 1.165) is 16.5 Å². The number of rotatable bonds is 7. The maximum atomic E-state index is 12.1. The van der Waals surface area contributed by atoms with Crippen molar-refractivity contribution in [2.24, 2.45) is 11.5 Å². The fraction of sp³-hybridized carbons (Fsp3) is 0.115. The number of aromatic nitrogens is 2. The first-order valence-corrected chi connectivity index (χ1v) is 10.5. The van der Waals surface area contributed by atoms with Crippen LogP contribution in [0.15, 0.2) is 67.0 Å². The van der Waals surface area contributed by atoms with E-state index in [9.17, 15) is 9.90 Å². The standard InChI is InChI=1S/C26H24N4O4.ClH/c1-33-21-11-19-20(12-22(21)34-2)29-14-30-25(19)18-9-7-16(8-10-18)23(26(31)32)24(28)17-5-3-15(13-27)4-6-17;/h3-12,14H,13,27-28H2,1-2H3,(H,31,32);1H/b24-23+;. The van der Waals surface area contributed by atoms with Crippen LogP contribution >= 0.6 is 12.4 Å². The molecule has 0 bridgehead atoms. The summed E-state index contributed by atoms with van der Waals surface area (Å²) < 4.78 is 10.8. The van der Waals surface area contributed by atoms with Gasteiger partial charge in [-0.3, -0.25) is 0 Å². The topological polar surface area (TPSA) is 134 Å². The second-order valence-electron chi connectivity index (χ2n) is 7.52. The van der Waals surface area contributed by atoms with Gasteiger partial charge in [0.15, 0.2) is 11.5 Å². The number of nitrogens with zero attached hydrogens (tertiary/aromatic N) is 2. The minimum Gasteiger partial charge on any atom is -0.493 e. The first-order chi connectivity index (χ1) is 16.5. The molecule has 0 radical (unpaired) electrons. The van der Waals surface area contributed by atoms with Crippen LogP contribution in [-0.2, 0) is 11.3 Å². The smallest absolute Gasteiger partial charge is 0.338 e. The molecule has 1 aromatic heterocycles. The molecule has 4 rings (SSSR count). The lowest BCUT2D eigenvalue weighted by atomic mass is 9.97. The number of benzene rings is 3. The van der Waals surface area contributed by atoms with E-state index in [1.54, 1.807) is 44.6 Å². The van der Waals surface area contributed by atoms with Gasteiger partial charge in [-0.1, -0.05) is 48.5 Å². The lowest BCUT2D eigenvalue weighted by Crippen LogP contribution is -2.09.